The fraction of sp³-hybridized carbons (Fsp3) is 0.750. The zero-order valence-corrected chi connectivity index (χ0v) is 6.12. The van der Waals surface area contributed by atoms with Crippen LogP contribution in [0.3, 0.4) is 0 Å². The zero-order valence-electron chi connectivity index (χ0n) is 6.12. The average molecular weight is 142 g/mol. The maximum absolute atomic E-state index is 9.33. The van der Waals surface area contributed by atoms with Gasteiger partial charge < -0.3 is 9.84 Å². The quantitative estimate of drug-likeness (QED) is 0.582. The van der Waals surface area contributed by atoms with Crippen molar-refractivity contribution in [1.82, 2.24) is 0 Å². The summed E-state index contributed by atoms with van der Waals surface area (Å²) in [7, 11) is 0. The van der Waals surface area contributed by atoms with Gasteiger partial charge in [0.2, 0.25) is 0 Å². The zero-order chi connectivity index (χ0) is 7.40. The Morgan fingerprint density at radius 1 is 1.70 bits per heavy atom. The van der Waals surface area contributed by atoms with Crippen molar-refractivity contribution in [3.63, 3.8) is 0 Å². The summed E-state index contributed by atoms with van der Waals surface area (Å²) < 4.78 is 5.07. The summed E-state index contributed by atoms with van der Waals surface area (Å²) in [6.45, 7) is 4.92. The topological polar surface area (TPSA) is 29.5 Å². The molecule has 0 spiro atoms. The van der Waals surface area contributed by atoms with E-state index in [2.05, 4.69) is 6.58 Å². The van der Waals surface area contributed by atoms with Gasteiger partial charge >= 0.3 is 0 Å². The summed E-state index contributed by atoms with van der Waals surface area (Å²) >= 11 is 0. The van der Waals surface area contributed by atoms with E-state index in [9.17, 15) is 5.11 Å². The predicted molar refractivity (Wildman–Crippen MR) is 39.7 cm³/mol. The molecule has 1 saturated heterocycles. The van der Waals surface area contributed by atoms with Crippen LogP contribution in [-0.4, -0.2) is 24.4 Å². The normalized spacial score (nSPS) is 33.7. The van der Waals surface area contributed by atoms with Crippen molar-refractivity contribution in [2.45, 2.75) is 18.9 Å². The Labute approximate surface area is 61.5 Å². The maximum atomic E-state index is 9.33. The molecule has 1 heterocycles. The first-order valence-electron chi connectivity index (χ1n) is 3.71. The second kappa shape index (κ2) is 3.74. The number of ether oxygens (including phenoxy) is 1. The van der Waals surface area contributed by atoms with Crippen LogP contribution in [0.1, 0.15) is 12.8 Å². The van der Waals surface area contributed by atoms with Crippen LogP contribution in [0.2, 0.25) is 0 Å². The Balaban J connectivity index is 2.32. The first-order valence-corrected chi connectivity index (χ1v) is 3.71. The van der Waals surface area contributed by atoms with E-state index in [-0.39, 0.29) is 6.10 Å². The van der Waals surface area contributed by atoms with Crippen LogP contribution >= 0.6 is 0 Å². The van der Waals surface area contributed by atoms with Crippen molar-refractivity contribution in [3.8, 4) is 0 Å². The lowest BCUT2D eigenvalue weighted by molar-refractivity contribution is -0.0426. The molecule has 0 aromatic heterocycles. The highest BCUT2D eigenvalue weighted by atomic mass is 16.5. The van der Waals surface area contributed by atoms with E-state index < -0.39 is 0 Å². The highest BCUT2D eigenvalue weighted by molar-refractivity contribution is 4.79. The van der Waals surface area contributed by atoms with Crippen molar-refractivity contribution >= 4 is 0 Å². The standard InChI is InChI=1S/C8H14O2/c1-2-3-7-4-5-10-6-8(7)9/h2,7-9H,1,3-6H2. The van der Waals surface area contributed by atoms with Crippen molar-refractivity contribution < 1.29 is 9.84 Å². The van der Waals surface area contributed by atoms with Crippen LogP contribution in [0, 0.1) is 5.92 Å². The fourth-order valence-corrected chi connectivity index (χ4v) is 1.26. The number of hydrogen-bond donors (Lipinski definition) is 1. The molecule has 0 aromatic carbocycles. The minimum absolute atomic E-state index is 0.272. The molecule has 2 unspecified atom stereocenters. The molecule has 0 bridgehead atoms. The van der Waals surface area contributed by atoms with Gasteiger partial charge in [-0.05, 0) is 18.8 Å². The second-order valence-electron chi connectivity index (χ2n) is 2.72. The van der Waals surface area contributed by atoms with Gasteiger partial charge in [0.15, 0.2) is 0 Å². The van der Waals surface area contributed by atoms with E-state index in [1.165, 1.54) is 0 Å². The molecule has 1 aliphatic heterocycles. The molecule has 10 heavy (non-hydrogen) atoms. The molecule has 1 aliphatic rings. The molecular weight excluding hydrogens is 128 g/mol. The molecule has 0 aromatic rings. The Kier molecular flexibility index (Phi) is 2.90. The van der Waals surface area contributed by atoms with Gasteiger partial charge in [-0.25, -0.2) is 0 Å². The maximum Gasteiger partial charge on any atom is 0.0805 e. The summed E-state index contributed by atoms with van der Waals surface area (Å²) in [5.41, 5.74) is 0. The van der Waals surface area contributed by atoms with Crippen molar-refractivity contribution in [2.75, 3.05) is 13.2 Å². The molecule has 2 nitrogen and oxygen atoms in total. The highest BCUT2D eigenvalue weighted by Gasteiger charge is 2.21. The van der Waals surface area contributed by atoms with Crippen molar-refractivity contribution in [1.29, 1.82) is 0 Å². The highest BCUT2D eigenvalue weighted by Crippen LogP contribution is 2.18. The molecule has 58 valence electrons. The van der Waals surface area contributed by atoms with E-state index >= 15 is 0 Å². The lowest BCUT2D eigenvalue weighted by Gasteiger charge is -2.26. The SMILES string of the molecule is C=CCC1CCOCC1O. The van der Waals surface area contributed by atoms with Crippen LogP contribution < -0.4 is 0 Å². The predicted octanol–water partition coefficient (Wildman–Crippen LogP) is 0.960. The number of hydrogen-bond acceptors (Lipinski definition) is 2. The van der Waals surface area contributed by atoms with E-state index in [1.807, 2.05) is 6.08 Å². The fourth-order valence-electron chi connectivity index (χ4n) is 1.26. The molecule has 1 fully saturated rings. The first kappa shape index (κ1) is 7.76. The molecule has 0 aliphatic carbocycles. The third-order valence-corrected chi connectivity index (χ3v) is 1.94. The van der Waals surface area contributed by atoms with Crippen LogP contribution in [0.15, 0.2) is 12.7 Å². The summed E-state index contributed by atoms with van der Waals surface area (Å²) in [6, 6.07) is 0. The van der Waals surface area contributed by atoms with Crippen LogP contribution in [0.25, 0.3) is 0 Å². The number of aliphatic hydroxyl groups is 1. The summed E-state index contributed by atoms with van der Waals surface area (Å²) in [5.74, 6) is 0.381. The Bertz CT molecular complexity index is 112. The molecule has 1 N–H and O–H groups in total. The largest absolute Gasteiger partial charge is 0.390 e. The van der Waals surface area contributed by atoms with Gasteiger partial charge in [-0.2, -0.15) is 0 Å². The summed E-state index contributed by atoms with van der Waals surface area (Å²) in [6.07, 6.45) is 3.46. The smallest absolute Gasteiger partial charge is 0.0805 e. The van der Waals surface area contributed by atoms with Gasteiger partial charge in [0.1, 0.15) is 0 Å². The van der Waals surface area contributed by atoms with E-state index in [0.29, 0.717) is 12.5 Å². The Morgan fingerprint density at radius 3 is 3.10 bits per heavy atom. The van der Waals surface area contributed by atoms with Crippen LogP contribution in [0.4, 0.5) is 0 Å². The van der Waals surface area contributed by atoms with Crippen LogP contribution in [-0.2, 0) is 4.74 Å². The van der Waals surface area contributed by atoms with Gasteiger partial charge in [0.05, 0.1) is 12.7 Å². The van der Waals surface area contributed by atoms with E-state index in [4.69, 9.17) is 4.74 Å². The van der Waals surface area contributed by atoms with E-state index in [0.717, 1.165) is 19.4 Å². The average Bonchev–Trinajstić information content (AvgIpc) is 1.94. The molecular formula is C8H14O2. The van der Waals surface area contributed by atoms with Gasteiger partial charge in [-0.3, -0.25) is 0 Å². The molecule has 1 rings (SSSR count). The minimum Gasteiger partial charge on any atom is -0.390 e. The number of aliphatic hydroxyl groups excluding tert-OH is 1. The number of rotatable bonds is 2. The minimum atomic E-state index is -0.272. The van der Waals surface area contributed by atoms with Gasteiger partial charge in [-0.1, -0.05) is 6.08 Å². The monoisotopic (exact) mass is 142 g/mol. The van der Waals surface area contributed by atoms with E-state index in [1.54, 1.807) is 0 Å². The summed E-state index contributed by atoms with van der Waals surface area (Å²) in [4.78, 5) is 0. The Morgan fingerprint density at radius 2 is 2.50 bits per heavy atom. The Hall–Kier alpha value is -0.340. The molecule has 2 atom stereocenters. The third-order valence-electron chi connectivity index (χ3n) is 1.94. The third kappa shape index (κ3) is 1.82. The lowest BCUT2D eigenvalue weighted by Crippen LogP contribution is -2.31. The van der Waals surface area contributed by atoms with Crippen molar-refractivity contribution in [2.24, 2.45) is 5.92 Å². The van der Waals surface area contributed by atoms with Gasteiger partial charge in [0, 0.05) is 6.61 Å². The van der Waals surface area contributed by atoms with Gasteiger partial charge in [0.25, 0.3) is 0 Å². The van der Waals surface area contributed by atoms with Crippen molar-refractivity contribution in [3.05, 3.63) is 12.7 Å². The second-order valence-corrected chi connectivity index (χ2v) is 2.72. The summed E-state index contributed by atoms with van der Waals surface area (Å²) in [5, 5.41) is 9.33. The molecule has 0 saturated carbocycles. The molecule has 2 heteroatoms. The van der Waals surface area contributed by atoms with Gasteiger partial charge in [-0.15, -0.1) is 6.58 Å². The lowest BCUT2D eigenvalue weighted by atomic mass is 9.94. The number of allylic oxidation sites excluding steroid dienone is 1. The van der Waals surface area contributed by atoms with Crippen LogP contribution in [0.5, 0.6) is 0 Å². The first-order chi connectivity index (χ1) is 4.84. The molecule has 0 radical (unpaired) electrons. The molecule has 0 amide bonds.